The highest BCUT2D eigenvalue weighted by Gasteiger charge is 2.04. The number of nitrogens with two attached hydrogens (primary N) is 1. The second-order valence-corrected chi connectivity index (χ2v) is 5.32. The summed E-state index contributed by atoms with van der Waals surface area (Å²) in [6, 6.07) is 15.4. The minimum absolute atomic E-state index is 0.0620. The van der Waals surface area contributed by atoms with Crippen LogP contribution >= 0.6 is 0 Å². The van der Waals surface area contributed by atoms with Gasteiger partial charge in [0.25, 0.3) is 0 Å². The standard InChI is InChI=1S/C18H23N3O2/c1-13-5-4-6-17(11-13)23-14(2)12-20-18(19)21-15-7-9-16(22-3)10-8-15/h4-11,14H,12H2,1-3H3,(H3,19,20,21). The van der Waals surface area contributed by atoms with Crippen LogP contribution in [0.2, 0.25) is 0 Å². The highest BCUT2D eigenvalue weighted by molar-refractivity contribution is 5.92. The summed E-state index contributed by atoms with van der Waals surface area (Å²) >= 11 is 0. The van der Waals surface area contributed by atoms with Crippen molar-refractivity contribution < 1.29 is 9.47 Å². The van der Waals surface area contributed by atoms with E-state index < -0.39 is 0 Å². The molecule has 2 aromatic rings. The van der Waals surface area contributed by atoms with Gasteiger partial charge in [-0.1, -0.05) is 12.1 Å². The molecule has 0 aliphatic heterocycles. The molecule has 23 heavy (non-hydrogen) atoms. The lowest BCUT2D eigenvalue weighted by atomic mass is 10.2. The maximum absolute atomic E-state index is 5.89. The first-order valence-electron chi connectivity index (χ1n) is 7.51. The number of benzene rings is 2. The summed E-state index contributed by atoms with van der Waals surface area (Å²) in [5.41, 5.74) is 7.92. The molecule has 0 aromatic heterocycles. The normalized spacial score (nSPS) is 12.6. The average Bonchev–Trinajstić information content (AvgIpc) is 2.54. The van der Waals surface area contributed by atoms with Crippen molar-refractivity contribution in [1.82, 2.24) is 0 Å². The number of nitrogens with one attached hydrogen (secondary N) is 1. The number of hydrogen-bond donors (Lipinski definition) is 2. The number of ether oxygens (including phenoxy) is 2. The van der Waals surface area contributed by atoms with Gasteiger partial charge in [0.1, 0.15) is 17.6 Å². The molecule has 0 radical (unpaired) electrons. The van der Waals surface area contributed by atoms with Crippen molar-refractivity contribution in [1.29, 1.82) is 0 Å². The van der Waals surface area contributed by atoms with Gasteiger partial charge in [-0.3, -0.25) is 0 Å². The van der Waals surface area contributed by atoms with Gasteiger partial charge in [-0.25, -0.2) is 4.99 Å². The number of anilines is 1. The number of rotatable bonds is 6. The molecule has 122 valence electrons. The van der Waals surface area contributed by atoms with E-state index in [1.807, 2.05) is 62.4 Å². The smallest absolute Gasteiger partial charge is 0.193 e. The molecule has 2 aromatic carbocycles. The summed E-state index contributed by atoms with van der Waals surface area (Å²) in [5.74, 6) is 2.00. The molecule has 2 rings (SSSR count). The minimum Gasteiger partial charge on any atom is -0.497 e. The third kappa shape index (κ3) is 5.54. The molecule has 1 unspecified atom stereocenters. The van der Waals surface area contributed by atoms with Gasteiger partial charge >= 0.3 is 0 Å². The van der Waals surface area contributed by atoms with E-state index in [9.17, 15) is 0 Å². The topological polar surface area (TPSA) is 68.9 Å². The van der Waals surface area contributed by atoms with Crippen LogP contribution in [0, 0.1) is 6.92 Å². The summed E-state index contributed by atoms with van der Waals surface area (Å²) in [6.45, 7) is 4.47. The van der Waals surface area contributed by atoms with Crippen LogP contribution in [-0.2, 0) is 0 Å². The molecule has 1 atom stereocenters. The molecule has 0 bridgehead atoms. The Bertz CT molecular complexity index is 654. The van der Waals surface area contributed by atoms with Crippen LogP contribution < -0.4 is 20.5 Å². The zero-order chi connectivity index (χ0) is 16.7. The molecule has 5 heteroatoms. The Kier molecular flexibility index (Phi) is 5.86. The summed E-state index contributed by atoms with van der Waals surface area (Å²) in [7, 11) is 1.63. The Morgan fingerprint density at radius 3 is 2.57 bits per heavy atom. The predicted molar refractivity (Wildman–Crippen MR) is 94.4 cm³/mol. The van der Waals surface area contributed by atoms with Gasteiger partial charge < -0.3 is 20.5 Å². The van der Waals surface area contributed by atoms with Crippen LogP contribution in [0.15, 0.2) is 53.5 Å². The maximum Gasteiger partial charge on any atom is 0.193 e. The Labute approximate surface area is 137 Å². The van der Waals surface area contributed by atoms with E-state index in [4.69, 9.17) is 15.2 Å². The molecular formula is C18H23N3O2. The largest absolute Gasteiger partial charge is 0.497 e. The van der Waals surface area contributed by atoms with Gasteiger partial charge in [0.15, 0.2) is 5.96 Å². The van der Waals surface area contributed by atoms with Crippen LogP contribution in [0.5, 0.6) is 11.5 Å². The molecule has 5 nitrogen and oxygen atoms in total. The zero-order valence-corrected chi connectivity index (χ0v) is 13.7. The van der Waals surface area contributed by atoms with E-state index in [1.165, 1.54) is 5.56 Å². The molecular weight excluding hydrogens is 290 g/mol. The van der Waals surface area contributed by atoms with E-state index in [-0.39, 0.29) is 6.10 Å². The van der Waals surface area contributed by atoms with Gasteiger partial charge in [-0.05, 0) is 55.8 Å². The zero-order valence-electron chi connectivity index (χ0n) is 13.7. The summed E-state index contributed by atoms with van der Waals surface area (Å²) in [4.78, 5) is 4.31. The quantitative estimate of drug-likeness (QED) is 0.635. The van der Waals surface area contributed by atoms with E-state index in [1.54, 1.807) is 7.11 Å². The van der Waals surface area contributed by atoms with Gasteiger partial charge in [-0.15, -0.1) is 0 Å². The molecule has 0 fully saturated rings. The number of hydrogen-bond acceptors (Lipinski definition) is 3. The van der Waals surface area contributed by atoms with Crippen molar-refractivity contribution in [2.45, 2.75) is 20.0 Å². The minimum atomic E-state index is -0.0620. The fourth-order valence-corrected chi connectivity index (χ4v) is 2.05. The summed E-state index contributed by atoms with van der Waals surface area (Å²) < 4.78 is 10.9. The fraction of sp³-hybridized carbons (Fsp3) is 0.278. The molecule has 0 spiro atoms. The Balaban J connectivity index is 1.85. The monoisotopic (exact) mass is 313 g/mol. The molecule has 0 heterocycles. The molecule has 0 amide bonds. The van der Waals surface area contributed by atoms with E-state index >= 15 is 0 Å². The highest BCUT2D eigenvalue weighted by Crippen LogP contribution is 2.15. The SMILES string of the molecule is COc1ccc(NC(N)=NCC(C)Oc2cccc(C)c2)cc1. The number of guanidine groups is 1. The van der Waals surface area contributed by atoms with Crippen LogP contribution in [0.4, 0.5) is 5.69 Å². The number of methoxy groups -OCH3 is 1. The number of aliphatic imine (C=N–C) groups is 1. The summed E-state index contributed by atoms with van der Waals surface area (Å²) in [6.07, 6.45) is -0.0620. The lowest BCUT2D eigenvalue weighted by Gasteiger charge is -2.13. The van der Waals surface area contributed by atoms with Crippen molar-refractivity contribution in [3.05, 3.63) is 54.1 Å². The second kappa shape index (κ2) is 8.08. The van der Waals surface area contributed by atoms with Crippen molar-refractivity contribution in [2.24, 2.45) is 10.7 Å². The Hall–Kier alpha value is -2.69. The van der Waals surface area contributed by atoms with Gasteiger partial charge in [0.2, 0.25) is 0 Å². The third-order valence-electron chi connectivity index (χ3n) is 3.21. The first-order chi connectivity index (χ1) is 11.1. The molecule has 0 aliphatic carbocycles. The van der Waals surface area contributed by atoms with Gasteiger partial charge in [-0.2, -0.15) is 0 Å². The highest BCUT2D eigenvalue weighted by atomic mass is 16.5. The average molecular weight is 313 g/mol. The molecule has 0 saturated carbocycles. The third-order valence-corrected chi connectivity index (χ3v) is 3.21. The van der Waals surface area contributed by atoms with E-state index in [2.05, 4.69) is 10.3 Å². The van der Waals surface area contributed by atoms with E-state index in [0.29, 0.717) is 12.5 Å². The molecule has 0 aliphatic rings. The van der Waals surface area contributed by atoms with Crippen molar-refractivity contribution in [3.63, 3.8) is 0 Å². The lowest BCUT2D eigenvalue weighted by Crippen LogP contribution is -2.25. The van der Waals surface area contributed by atoms with E-state index in [0.717, 1.165) is 17.2 Å². The van der Waals surface area contributed by atoms with Crippen LogP contribution in [0.3, 0.4) is 0 Å². The summed E-state index contributed by atoms with van der Waals surface area (Å²) in [5, 5.41) is 3.04. The van der Waals surface area contributed by atoms with Crippen LogP contribution in [0.1, 0.15) is 12.5 Å². The van der Waals surface area contributed by atoms with Crippen molar-refractivity contribution >= 4 is 11.6 Å². The lowest BCUT2D eigenvalue weighted by molar-refractivity contribution is 0.230. The number of aryl methyl sites for hydroxylation is 1. The Morgan fingerprint density at radius 2 is 1.91 bits per heavy atom. The number of nitrogens with zero attached hydrogens (tertiary/aromatic N) is 1. The first-order valence-corrected chi connectivity index (χ1v) is 7.51. The van der Waals surface area contributed by atoms with Crippen molar-refractivity contribution in [2.75, 3.05) is 19.0 Å². The molecule has 3 N–H and O–H groups in total. The van der Waals surface area contributed by atoms with Crippen molar-refractivity contribution in [3.8, 4) is 11.5 Å². The first kappa shape index (κ1) is 16.7. The van der Waals surface area contributed by atoms with Crippen LogP contribution in [0.25, 0.3) is 0 Å². The van der Waals surface area contributed by atoms with Crippen LogP contribution in [-0.4, -0.2) is 25.7 Å². The molecule has 0 saturated heterocycles. The van der Waals surface area contributed by atoms with Gasteiger partial charge in [0.05, 0.1) is 13.7 Å². The predicted octanol–water partition coefficient (Wildman–Crippen LogP) is 3.20. The fourth-order valence-electron chi connectivity index (χ4n) is 2.05. The Morgan fingerprint density at radius 1 is 1.17 bits per heavy atom. The second-order valence-electron chi connectivity index (χ2n) is 5.32. The van der Waals surface area contributed by atoms with Gasteiger partial charge in [0, 0.05) is 5.69 Å². The maximum atomic E-state index is 5.89.